The van der Waals surface area contributed by atoms with E-state index in [9.17, 15) is 4.79 Å². The lowest BCUT2D eigenvalue weighted by Crippen LogP contribution is -2.41. The van der Waals surface area contributed by atoms with E-state index >= 15 is 0 Å². The number of nitrogens with zero attached hydrogens (tertiary/aromatic N) is 2. The molecule has 0 N–H and O–H groups in total. The normalized spacial score (nSPS) is 16.8. The second-order valence-electron chi connectivity index (χ2n) is 6.50. The quantitative estimate of drug-likeness (QED) is 0.766. The van der Waals surface area contributed by atoms with Crippen LogP contribution in [0.4, 0.5) is 0 Å². The van der Waals surface area contributed by atoms with Gasteiger partial charge in [0.15, 0.2) is 0 Å². The monoisotopic (exact) mass is 314 g/mol. The SMILES string of the molecule is CCCCN(C)C(=O)C1CCN(C/C=C/c2ccccc2)CC1. The van der Waals surface area contributed by atoms with Gasteiger partial charge < -0.3 is 4.90 Å². The van der Waals surface area contributed by atoms with Gasteiger partial charge in [0.1, 0.15) is 0 Å². The number of unbranched alkanes of at least 4 members (excludes halogenated alkanes) is 1. The molecule has 2 rings (SSSR count). The molecule has 1 fully saturated rings. The number of rotatable bonds is 7. The molecule has 0 bridgehead atoms. The summed E-state index contributed by atoms with van der Waals surface area (Å²) in [5.74, 6) is 0.573. The summed E-state index contributed by atoms with van der Waals surface area (Å²) in [6, 6.07) is 10.4. The molecule has 0 radical (unpaired) electrons. The van der Waals surface area contributed by atoms with Gasteiger partial charge in [0.25, 0.3) is 0 Å². The van der Waals surface area contributed by atoms with Crippen molar-refractivity contribution >= 4 is 12.0 Å². The first-order valence-corrected chi connectivity index (χ1v) is 8.89. The number of hydrogen-bond donors (Lipinski definition) is 0. The van der Waals surface area contributed by atoms with Gasteiger partial charge in [0.2, 0.25) is 5.91 Å². The summed E-state index contributed by atoms with van der Waals surface area (Å²) < 4.78 is 0. The molecule has 0 aliphatic carbocycles. The molecule has 0 saturated carbocycles. The third-order valence-corrected chi connectivity index (χ3v) is 4.63. The van der Waals surface area contributed by atoms with Crippen LogP contribution in [0.1, 0.15) is 38.2 Å². The summed E-state index contributed by atoms with van der Waals surface area (Å²) in [6.45, 7) is 6.09. The highest BCUT2D eigenvalue weighted by atomic mass is 16.2. The maximum Gasteiger partial charge on any atom is 0.225 e. The third-order valence-electron chi connectivity index (χ3n) is 4.63. The van der Waals surface area contributed by atoms with Crippen LogP contribution < -0.4 is 0 Å². The summed E-state index contributed by atoms with van der Waals surface area (Å²) in [6.07, 6.45) is 8.64. The summed E-state index contributed by atoms with van der Waals surface area (Å²) in [5.41, 5.74) is 1.25. The Bertz CT molecular complexity index is 490. The average molecular weight is 314 g/mol. The van der Waals surface area contributed by atoms with Crippen LogP contribution in [0.25, 0.3) is 6.08 Å². The summed E-state index contributed by atoms with van der Waals surface area (Å²) in [5, 5.41) is 0. The fourth-order valence-corrected chi connectivity index (χ4v) is 3.08. The van der Waals surface area contributed by atoms with Crippen molar-refractivity contribution in [2.24, 2.45) is 5.92 Å². The smallest absolute Gasteiger partial charge is 0.225 e. The van der Waals surface area contributed by atoms with E-state index in [1.54, 1.807) is 0 Å². The van der Waals surface area contributed by atoms with Crippen LogP contribution in [0.5, 0.6) is 0 Å². The van der Waals surface area contributed by atoms with Crippen molar-refractivity contribution in [3.8, 4) is 0 Å². The summed E-state index contributed by atoms with van der Waals surface area (Å²) in [7, 11) is 1.95. The zero-order valence-corrected chi connectivity index (χ0v) is 14.6. The summed E-state index contributed by atoms with van der Waals surface area (Å²) >= 11 is 0. The topological polar surface area (TPSA) is 23.6 Å². The van der Waals surface area contributed by atoms with Crippen molar-refractivity contribution in [3.63, 3.8) is 0 Å². The van der Waals surface area contributed by atoms with E-state index in [0.717, 1.165) is 51.9 Å². The number of carbonyl (C=O) groups excluding carboxylic acids is 1. The van der Waals surface area contributed by atoms with Crippen molar-refractivity contribution in [2.45, 2.75) is 32.6 Å². The van der Waals surface area contributed by atoms with Gasteiger partial charge in [-0.3, -0.25) is 9.69 Å². The predicted molar refractivity (Wildman–Crippen MR) is 97.2 cm³/mol. The second-order valence-corrected chi connectivity index (χ2v) is 6.50. The minimum Gasteiger partial charge on any atom is -0.346 e. The highest BCUT2D eigenvalue weighted by Crippen LogP contribution is 2.19. The molecular weight excluding hydrogens is 284 g/mol. The average Bonchev–Trinajstić information content (AvgIpc) is 2.60. The lowest BCUT2D eigenvalue weighted by molar-refractivity contribution is -0.135. The van der Waals surface area contributed by atoms with E-state index in [2.05, 4.69) is 48.2 Å². The molecular formula is C20H30N2O. The standard InChI is InChI=1S/C20H30N2O/c1-3-4-14-21(2)20(23)19-12-16-22(17-13-19)15-8-11-18-9-6-5-7-10-18/h5-11,19H,3-4,12-17H2,1-2H3/b11-8+. The molecule has 0 aromatic heterocycles. The predicted octanol–water partition coefficient (Wildman–Crippen LogP) is 3.67. The van der Waals surface area contributed by atoms with E-state index in [-0.39, 0.29) is 5.92 Å². The maximum atomic E-state index is 12.4. The van der Waals surface area contributed by atoms with E-state index in [1.807, 2.05) is 18.0 Å². The minimum atomic E-state index is 0.228. The number of likely N-dealkylation sites (tertiary alicyclic amines) is 1. The van der Waals surface area contributed by atoms with Crippen LogP contribution in [0, 0.1) is 5.92 Å². The van der Waals surface area contributed by atoms with Crippen LogP contribution in [-0.4, -0.2) is 48.9 Å². The third kappa shape index (κ3) is 5.83. The van der Waals surface area contributed by atoms with Crippen molar-refractivity contribution in [1.82, 2.24) is 9.80 Å². The van der Waals surface area contributed by atoms with Gasteiger partial charge in [0, 0.05) is 26.1 Å². The molecule has 3 heteroatoms. The molecule has 1 aromatic carbocycles. The Labute approximate surface area is 141 Å². The van der Waals surface area contributed by atoms with E-state index in [1.165, 1.54) is 5.56 Å². The number of carbonyl (C=O) groups is 1. The van der Waals surface area contributed by atoms with E-state index in [4.69, 9.17) is 0 Å². The van der Waals surface area contributed by atoms with Crippen LogP contribution in [0.3, 0.4) is 0 Å². The van der Waals surface area contributed by atoms with Gasteiger partial charge in [-0.25, -0.2) is 0 Å². The fraction of sp³-hybridized carbons (Fsp3) is 0.550. The van der Waals surface area contributed by atoms with E-state index < -0.39 is 0 Å². The number of benzene rings is 1. The molecule has 1 aromatic rings. The Hall–Kier alpha value is -1.61. The zero-order valence-electron chi connectivity index (χ0n) is 14.6. The van der Waals surface area contributed by atoms with Gasteiger partial charge in [-0.15, -0.1) is 0 Å². The second kappa shape index (κ2) is 9.51. The Morgan fingerprint density at radius 1 is 1.26 bits per heavy atom. The first-order valence-electron chi connectivity index (χ1n) is 8.89. The first-order chi connectivity index (χ1) is 11.2. The van der Waals surface area contributed by atoms with Crippen molar-refractivity contribution in [2.75, 3.05) is 33.2 Å². The molecule has 1 amide bonds. The highest BCUT2D eigenvalue weighted by Gasteiger charge is 2.26. The number of hydrogen-bond acceptors (Lipinski definition) is 2. The zero-order chi connectivity index (χ0) is 16.5. The maximum absolute atomic E-state index is 12.4. The lowest BCUT2D eigenvalue weighted by atomic mass is 9.95. The summed E-state index contributed by atoms with van der Waals surface area (Å²) in [4.78, 5) is 16.8. The largest absolute Gasteiger partial charge is 0.346 e. The van der Waals surface area contributed by atoms with Gasteiger partial charge in [-0.05, 0) is 37.9 Å². The Morgan fingerprint density at radius 2 is 1.96 bits per heavy atom. The van der Waals surface area contributed by atoms with Gasteiger partial charge >= 0.3 is 0 Å². The van der Waals surface area contributed by atoms with Crippen molar-refractivity contribution < 1.29 is 4.79 Å². The molecule has 126 valence electrons. The Balaban J connectivity index is 1.71. The van der Waals surface area contributed by atoms with Crippen LogP contribution in [0.15, 0.2) is 36.4 Å². The number of amides is 1. The van der Waals surface area contributed by atoms with Crippen molar-refractivity contribution in [3.05, 3.63) is 42.0 Å². The van der Waals surface area contributed by atoms with Crippen LogP contribution in [0.2, 0.25) is 0 Å². The molecule has 1 aliphatic rings. The molecule has 1 heterocycles. The van der Waals surface area contributed by atoms with Gasteiger partial charge in [0.05, 0.1) is 0 Å². The highest BCUT2D eigenvalue weighted by molar-refractivity contribution is 5.78. The number of piperidine rings is 1. The molecule has 0 unspecified atom stereocenters. The molecule has 1 aliphatic heterocycles. The van der Waals surface area contributed by atoms with Gasteiger partial charge in [-0.2, -0.15) is 0 Å². The van der Waals surface area contributed by atoms with Crippen LogP contribution in [-0.2, 0) is 4.79 Å². The van der Waals surface area contributed by atoms with Crippen LogP contribution >= 0.6 is 0 Å². The van der Waals surface area contributed by atoms with Crippen molar-refractivity contribution in [1.29, 1.82) is 0 Å². The molecule has 3 nitrogen and oxygen atoms in total. The molecule has 23 heavy (non-hydrogen) atoms. The molecule has 0 atom stereocenters. The van der Waals surface area contributed by atoms with E-state index in [0.29, 0.717) is 5.91 Å². The van der Waals surface area contributed by atoms with Gasteiger partial charge in [-0.1, -0.05) is 55.8 Å². The molecule has 1 saturated heterocycles. The minimum absolute atomic E-state index is 0.228. The fourth-order valence-electron chi connectivity index (χ4n) is 3.08. The molecule has 0 spiro atoms. The Kier molecular flexibility index (Phi) is 7.34. The first kappa shape index (κ1) is 17.7. The lowest BCUT2D eigenvalue weighted by Gasteiger charge is -2.32. The Morgan fingerprint density at radius 3 is 2.61 bits per heavy atom.